The van der Waals surface area contributed by atoms with E-state index in [2.05, 4.69) is 10.6 Å². The minimum absolute atomic E-state index is 0.271. The summed E-state index contributed by atoms with van der Waals surface area (Å²) in [7, 11) is 1.60. The first-order valence-electron chi connectivity index (χ1n) is 13.6. The van der Waals surface area contributed by atoms with E-state index in [1.807, 2.05) is 67.6 Å². The highest BCUT2D eigenvalue weighted by molar-refractivity contribution is 5.90. The second-order valence-corrected chi connectivity index (χ2v) is 10.8. The minimum atomic E-state index is -1.32. The van der Waals surface area contributed by atoms with Crippen molar-refractivity contribution in [2.45, 2.75) is 70.9 Å². The van der Waals surface area contributed by atoms with Crippen molar-refractivity contribution in [2.24, 2.45) is 0 Å². The summed E-state index contributed by atoms with van der Waals surface area (Å²) in [6.07, 6.45) is -0.863. The van der Waals surface area contributed by atoms with Crippen LogP contribution in [-0.4, -0.2) is 66.2 Å². The summed E-state index contributed by atoms with van der Waals surface area (Å²) in [5.41, 5.74) is 0.663. The topological polar surface area (TPSA) is 123 Å². The molecule has 2 N–H and O–H groups in total. The summed E-state index contributed by atoms with van der Waals surface area (Å²) in [4.78, 5) is 53.5. The van der Waals surface area contributed by atoms with Crippen LogP contribution in [0.5, 0.6) is 0 Å². The highest BCUT2D eigenvalue weighted by Gasteiger charge is 2.44. The van der Waals surface area contributed by atoms with Crippen molar-refractivity contribution in [3.63, 3.8) is 0 Å². The van der Waals surface area contributed by atoms with Crippen molar-refractivity contribution >= 4 is 23.9 Å². The number of hydrogen-bond donors (Lipinski definition) is 2. The molecule has 3 rings (SSSR count). The van der Waals surface area contributed by atoms with Crippen LogP contribution in [-0.2, 0) is 28.6 Å². The summed E-state index contributed by atoms with van der Waals surface area (Å²) >= 11 is 0. The van der Waals surface area contributed by atoms with Crippen molar-refractivity contribution in [3.05, 3.63) is 83.6 Å². The average Bonchev–Trinajstić information content (AvgIpc) is 2.91. The average molecular weight is 566 g/mol. The van der Waals surface area contributed by atoms with Gasteiger partial charge in [-0.3, -0.25) is 9.59 Å². The predicted octanol–water partition coefficient (Wildman–Crippen LogP) is 3.87. The van der Waals surface area contributed by atoms with Gasteiger partial charge in [0.05, 0.1) is 12.1 Å². The molecule has 0 saturated carbocycles. The zero-order valence-electron chi connectivity index (χ0n) is 24.4. The number of ether oxygens (including phenoxy) is 3. The summed E-state index contributed by atoms with van der Waals surface area (Å²) in [5.74, 6) is -2.02. The summed E-state index contributed by atoms with van der Waals surface area (Å²) in [5, 5.41) is 5.38. The molecule has 0 spiro atoms. The Labute approximate surface area is 241 Å². The Bertz CT molecular complexity index is 1200. The maximum atomic E-state index is 13.6. The lowest BCUT2D eigenvalue weighted by Crippen LogP contribution is -2.63. The van der Waals surface area contributed by atoms with E-state index in [4.69, 9.17) is 14.2 Å². The normalized spacial score (nSPS) is 18.4. The number of hydrogen-bond acceptors (Lipinski definition) is 7. The van der Waals surface area contributed by atoms with Crippen LogP contribution >= 0.6 is 0 Å². The molecule has 2 aromatic carbocycles. The Morgan fingerprint density at radius 3 is 2.00 bits per heavy atom. The standard InChI is InChI=1S/C31H39N3O7/c1-7-18-34(6)28(36)27-25(32-20(2)35)23(33-30(38)41-31(3,4)5)19-24(39-27)29(37)40-26(21-14-10-8-11-15-21)22-16-12-9-13-17-22/h8-17,19,23,25-27H,7,18H2,1-6H3,(H,32,35)(H,33,38)/t23-,25-,27-/m1/s1. The number of likely N-dealkylation sites (N-methyl/N-ethyl adjacent to an activating group) is 1. The summed E-state index contributed by atoms with van der Waals surface area (Å²) in [6.45, 7) is 8.75. The lowest BCUT2D eigenvalue weighted by molar-refractivity contribution is -0.154. The van der Waals surface area contributed by atoms with E-state index in [-0.39, 0.29) is 5.76 Å². The maximum absolute atomic E-state index is 13.6. The number of carbonyl (C=O) groups is 4. The molecule has 1 aliphatic heterocycles. The predicted molar refractivity (Wildman–Crippen MR) is 152 cm³/mol. The number of esters is 1. The smallest absolute Gasteiger partial charge is 0.408 e. The fraction of sp³-hybridized carbons (Fsp3) is 0.419. The van der Waals surface area contributed by atoms with Gasteiger partial charge in [-0.25, -0.2) is 9.59 Å². The largest absolute Gasteiger partial charge is 0.471 e. The molecule has 1 aliphatic rings. The molecule has 10 nitrogen and oxygen atoms in total. The number of nitrogens with one attached hydrogen (secondary N) is 2. The van der Waals surface area contributed by atoms with Crippen LogP contribution in [0.1, 0.15) is 58.3 Å². The number of rotatable bonds is 9. The van der Waals surface area contributed by atoms with Crippen molar-refractivity contribution < 1.29 is 33.4 Å². The number of nitrogens with zero attached hydrogens (tertiary/aromatic N) is 1. The molecule has 0 aliphatic carbocycles. The van der Waals surface area contributed by atoms with E-state index in [1.165, 1.54) is 17.9 Å². The highest BCUT2D eigenvalue weighted by Crippen LogP contribution is 2.29. The van der Waals surface area contributed by atoms with Gasteiger partial charge in [-0.2, -0.15) is 0 Å². The summed E-state index contributed by atoms with van der Waals surface area (Å²) in [6, 6.07) is 16.4. The van der Waals surface area contributed by atoms with Crippen LogP contribution in [0.2, 0.25) is 0 Å². The molecule has 10 heteroatoms. The first kappa shape index (κ1) is 31.2. The Hall–Kier alpha value is -4.34. The van der Waals surface area contributed by atoms with Crippen molar-refractivity contribution in [3.8, 4) is 0 Å². The first-order chi connectivity index (χ1) is 19.4. The molecule has 0 unspecified atom stereocenters. The Balaban J connectivity index is 2.01. The molecule has 3 atom stereocenters. The molecule has 0 fully saturated rings. The van der Waals surface area contributed by atoms with Gasteiger partial charge in [0.2, 0.25) is 11.7 Å². The zero-order valence-corrected chi connectivity index (χ0v) is 24.4. The maximum Gasteiger partial charge on any atom is 0.408 e. The van der Waals surface area contributed by atoms with E-state index in [0.717, 1.165) is 11.1 Å². The third-order valence-electron chi connectivity index (χ3n) is 6.16. The van der Waals surface area contributed by atoms with E-state index in [1.54, 1.807) is 27.8 Å². The molecule has 0 bridgehead atoms. The number of alkyl carbamates (subject to hydrolysis) is 1. The Morgan fingerprint density at radius 1 is 0.951 bits per heavy atom. The molecule has 1 heterocycles. The third-order valence-corrected chi connectivity index (χ3v) is 6.16. The van der Waals surface area contributed by atoms with Crippen molar-refractivity contribution in [1.82, 2.24) is 15.5 Å². The molecule has 3 amide bonds. The Morgan fingerprint density at radius 2 is 1.51 bits per heavy atom. The minimum Gasteiger partial charge on any atom is -0.471 e. The van der Waals surface area contributed by atoms with Gasteiger partial charge < -0.3 is 29.7 Å². The van der Waals surface area contributed by atoms with E-state index in [9.17, 15) is 19.2 Å². The van der Waals surface area contributed by atoms with Crippen LogP contribution in [0.25, 0.3) is 0 Å². The third kappa shape index (κ3) is 8.83. The molecule has 2 aromatic rings. The number of carbonyl (C=O) groups excluding carboxylic acids is 4. The van der Waals surface area contributed by atoms with E-state index < -0.39 is 53.8 Å². The molecular formula is C31H39N3O7. The lowest BCUT2D eigenvalue weighted by atomic mass is 9.96. The van der Waals surface area contributed by atoms with Crippen LogP contribution in [0, 0.1) is 0 Å². The van der Waals surface area contributed by atoms with Gasteiger partial charge in [-0.05, 0) is 44.4 Å². The zero-order chi connectivity index (χ0) is 30.2. The van der Waals surface area contributed by atoms with Crippen LogP contribution in [0.4, 0.5) is 4.79 Å². The molecule has 41 heavy (non-hydrogen) atoms. The van der Waals surface area contributed by atoms with Crippen LogP contribution in [0.15, 0.2) is 72.5 Å². The highest BCUT2D eigenvalue weighted by atomic mass is 16.6. The molecule has 0 radical (unpaired) electrons. The van der Waals surface area contributed by atoms with E-state index >= 15 is 0 Å². The number of amides is 3. The van der Waals surface area contributed by atoms with Gasteiger partial charge in [0, 0.05) is 20.5 Å². The molecule has 0 saturated heterocycles. The van der Waals surface area contributed by atoms with Crippen LogP contribution in [0.3, 0.4) is 0 Å². The molecular weight excluding hydrogens is 526 g/mol. The lowest BCUT2D eigenvalue weighted by Gasteiger charge is -2.38. The monoisotopic (exact) mass is 565 g/mol. The fourth-order valence-corrected chi connectivity index (χ4v) is 4.41. The molecule has 0 aromatic heterocycles. The second-order valence-electron chi connectivity index (χ2n) is 10.8. The SMILES string of the molecule is CCCN(C)C(=O)[C@@H]1OC(C(=O)OC(c2ccccc2)c2ccccc2)=C[C@@H](NC(=O)OC(C)(C)C)[C@H]1NC(C)=O. The van der Waals surface area contributed by atoms with Crippen molar-refractivity contribution in [1.29, 1.82) is 0 Å². The quantitative estimate of drug-likeness (QED) is 0.443. The van der Waals surface area contributed by atoms with Gasteiger partial charge >= 0.3 is 12.1 Å². The van der Waals surface area contributed by atoms with Gasteiger partial charge in [0.25, 0.3) is 5.91 Å². The summed E-state index contributed by atoms with van der Waals surface area (Å²) < 4.78 is 17.3. The van der Waals surface area contributed by atoms with Gasteiger partial charge in [-0.1, -0.05) is 67.6 Å². The van der Waals surface area contributed by atoms with Gasteiger partial charge in [0.1, 0.15) is 5.60 Å². The van der Waals surface area contributed by atoms with Crippen LogP contribution < -0.4 is 10.6 Å². The first-order valence-corrected chi connectivity index (χ1v) is 13.6. The fourth-order valence-electron chi connectivity index (χ4n) is 4.41. The number of benzene rings is 2. The van der Waals surface area contributed by atoms with Gasteiger partial charge in [-0.15, -0.1) is 0 Å². The van der Waals surface area contributed by atoms with E-state index in [0.29, 0.717) is 13.0 Å². The Kier molecular flexibility index (Phi) is 10.5. The second kappa shape index (κ2) is 13.8. The molecule has 220 valence electrons. The van der Waals surface area contributed by atoms with Gasteiger partial charge in [0.15, 0.2) is 12.2 Å². The van der Waals surface area contributed by atoms with Crippen molar-refractivity contribution in [2.75, 3.05) is 13.6 Å².